The third-order valence-corrected chi connectivity index (χ3v) is 6.71. The second-order valence-corrected chi connectivity index (χ2v) is 9.24. The molecule has 5 rings (SSSR count). The number of fused-ring (bicyclic) bond motifs is 1. The molecule has 0 saturated carbocycles. The average Bonchev–Trinajstić information content (AvgIpc) is 3.53. The SMILES string of the molecule is CCc1nc2c(C)cc(C)nc2n1Cc1ccc(-c2cc(C3=NCCC3)ccc2/C(N)=N/NN)cc1. The van der Waals surface area contributed by atoms with Crippen LogP contribution in [-0.4, -0.2) is 32.6 Å². The lowest BCUT2D eigenvalue weighted by molar-refractivity contribution is 0.745. The molecule has 1 aliphatic heterocycles. The van der Waals surface area contributed by atoms with Crippen LogP contribution in [0.1, 0.15) is 53.5 Å². The standard InChI is InChI=1S/C28H32N8/c1-4-25-33-26-17(2)14-18(3)32-28(26)36(25)16-19-7-9-20(10-8-19)23-15-21(24-6-5-13-31-24)11-12-22(23)27(29)34-35-30/h7-12,14-15,35H,4-6,13,16,30H2,1-3H3,(H2,29,34). The van der Waals surface area contributed by atoms with Crippen molar-refractivity contribution in [3.63, 3.8) is 0 Å². The lowest BCUT2D eigenvalue weighted by Gasteiger charge is -2.13. The molecular weight excluding hydrogens is 448 g/mol. The fourth-order valence-electron chi connectivity index (χ4n) is 4.95. The van der Waals surface area contributed by atoms with Crippen LogP contribution in [0.15, 0.2) is 58.6 Å². The molecule has 1 aliphatic rings. The maximum atomic E-state index is 6.24. The van der Waals surface area contributed by atoms with Crippen LogP contribution in [0.5, 0.6) is 0 Å². The number of hydrazine groups is 1. The normalized spacial score (nSPS) is 13.9. The number of pyridine rings is 1. The van der Waals surface area contributed by atoms with Crippen LogP contribution in [0.25, 0.3) is 22.3 Å². The Morgan fingerprint density at radius 1 is 1.06 bits per heavy atom. The summed E-state index contributed by atoms with van der Waals surface area (Å²) in [7, 11) is 0. The molecule has 0 bridgehead atoms. The summed E-state index contributed by atoms with van der Waals surface area (Å²) in [5.41, 5.74) is 19.0. The number of amidine groups is 1. The zero-order valence-electron chi connectivity index (χ0n) is 21.0. The molecule has 3 heterocycles. The van der Waals surface area contributed by atoms with Gasteiger partial charge in [0, 0.05) is 29.9 Å². The monoisotopic (exact) mass is 480 g/mol. The summed E-state index contributed by atoms with van der Waals surface area (Å²) in [5.74, 6) is 6.78. The molecule has 8 heteroatoms. The lowest BCUT2D eigenvalue weighted by atomic mass is 9.94. The van der Waals surface area contributed by atoms with Crippen LogP contribution < -0.4 is 17.1 Å². The third-order valence-electron chi connectivity index (χ3n) is 6.71. The van der Waals surface area contributed by atoms with E-state index in [2.05, 4.69) is 76.5 Å². The van der Waals surface area contributed by atoms with Crippen molar-refractivity contribution in [2.45, 2.75) is 46.6 Å². The summed E-state index contributed by atoms with van der Waals surface area (Å²) < 4.78 is 2.23. The van der Waals surface area contributed by atoms with E-state index in [9.17, 15) is 0 Å². The quantitative estimate of drug-likeness (QED) is 0.160. The first-order valence-electron chi connectivity index (χ1n) is 12.4. The van der Waals surface area contributed by atoms with Crippen LogP contribution in [0.4, 0.5) is 0 Å². The van der Waals surface area contributed by atoms with Crippen molar-refractivity contribution in [2.75, 3.05) is 6.54 Å². The molecule has 0 saturated heterocycles. The lowest BCUT2D eigenvalue weighted by Crippen LogP contribution is -2.23. The van der Waals surface area contributed by atoms with Gasteiger partial charge in [-0.1, -0.05) is 37.3 Å². The van der Waals surface area contributed by atoms with Gasteiger partial charge in [0.2, 0.25) is 0 Å². The van der Waals surface area contributed by atoms with Crippen LogP contribution in [-0.2, 0) is 13.0 Å². The molecule has 184 valence electrons. The van der Waals surface area contributed by atoms with Crippen LogP contribution in [0.3, 0.4) is 0 Å². The van der Waals surface area contributed by atoms with Gasteiger partial charge in [-0.25, -0.2) is 21.3 Å². The van der Waals surface area contributed by atoms with Crippen molar-refractivity contribution < 1.29 is 0 Å². The van der Waals surface area contributed by atoms with E-state index in [1.54, 1.807) is 0 Å². The Labute approximate surface area is 211 Å². The summed E-state index contributed by atoms with van der Waals surface area (Å²) in [6.45, 7) is 7.86. The molecule has 2 aromatic carbocycles. The topological polar surface area (TPSA) is 120 Å². The summed E-state index contributed by atoms with van der Waals surface area (Å²) in [4.78, 5) is 14.4. The number of aromatic nitrogens is 3. The van der Waals surface area contributed by atoms with E-state index in [0.717, 1.165) is 82.0 Å². The van der Waals surface area contributed by atoms with Crippen molar-refractivity contribution >= 4 is 22.7 Å². The Bertz CT molecular complexity index is 1480. The number of nitrogens with two attached hydrogens (primary N) is 2. The van der Waals surface area contributed by atoms with Crippen LogP contribution >= 0.6 is 0 Å². The Kier molecular flexibility index (Phi) is 6.52. The molecule has 0 fully saturated rings. The number of aliphatic imine (C=N–C) groups is 1. The van der Waals surface area contributed by atoms with Crippen molar-refractivity contribution in [2.24, 2.45) is 21.7 Å². The van der Waals surface area contributed by atoms with E-state index >= 15 is 0 Å². The molecular formula is C28H32N8. The molecule has 36 heavy (non-hydrogen) atoms. The van der Waals surface area contributed by atoms with E-state index in [-0.39, 0.29) is 0 Å². The molecule has 4 aromatic rings. The van der Waals surface area contributed by atoms with Gasteiger partial charge in [0.1, 0.15) is 11.3 Å². The number of benzene rings is 2. The highest BCUT2D eigenvalue weighted by molar-refractivity contribution is 6.07. The van der Waals surface area contributed by atoms with Crippen LogP contribution in [0, 0.1) is 13.8 Å². The highest BCUT2D eigenvalue weighted by Crippen LogP contribution is 2.28. The second-order valence-electron chi connectivity index (χ2n) is 9.24. The summed E-state index contributed by atoms with van der Waals surface area (Å²) in [5, 5.41) is 4.01. The van der Waals surface area contributed by atoms with Gasteiger partial charge < -0.3 is 10.3 Å². The van der Waals surface area contributed by atoms with E-state index in [0.29, 0.717) is 12.4 Å². The number of aryl methyl sites for hydroxylation is 3. The Hall–Kier alpha value is -4.04. The van der Waals surface area contributed by atoms with E-state index in [1.807, 2.05) is 13.0 Å². The number of nitrogens with zero attached hydrogens (tertiary/aromatic N) is 5. The van der Waals surface area contributed by atoms with Gasteiger partial charge in [0.25, 0.3) is 0 Å². The highest BCUT2D eigenvalue weighted by Gasteiger charge is 2.16. The minimum atomic E-state index is 0.339. The zero-order chi connectivity index (χ0) is 25.2. The molecule has 0 radical (unpaired) electrons. The fourth-order valence-corrected chi connectivity index (χ4v) is 4.95. The van der Waals surface area contributed by atoms with Gasteiger partial charge in [0.15, 0.2) is 11.5 Å². The molecule has 0 spiro atoms. The zero-order valence-corrected chi connectivity index (χ0v) is 21.0. The van der Waals surface area contributed by atoms with Gasteiger partial charge >= 0.3 is 0 Å². The van der Waals surface area contributed by atoms with Gasteiger partial charge in [0.05, 0.1) is 6.54 Å². The molecule has 0 aliphatic carbocycles. The van der Waals surface area contributed by atoms with Gasteiger partial charge in [-0.2, -0.15) is 0 Å². The number of imidazole rings is 1. The number of nitrogens with one attached hydrogen (secondary N) is 1. The first-order chi connectivity index (χ1) is 17.5. The van der Waals surface area contributed by atoms with E-state index in [1.165, 1.54) is 5.56 Å². The van der Waals surface area contributed by atoms with Gasteiger partial charge in [-0.3, -0.25) is 4.99 Å². The largest absolute Gasteiger partial charge is 0.382 e. The molecule has 0 amide bonds. The van der Waals surface area contributed by atoms with E-state index < -0.39 is 0 Å². The Morgan fingerprint density at radius 3 is 2.53 bits per heavy atom. The fraction of sp³-hybridized carbons (Fsp3) is 0.286. The first-order valence-corrected chi connectivity index (χ1v) is 12.4. The van der Waals surface area contributed by atoms with Crippen molar-refractivity contribution in [1.82, 2.24) is 20.1 Å². The number of hydrazone groups is 1. The number of hydrogen-bond donors (Lipinski definition) is 3. The summed E-state index contributed by atoms with van der Waals surface area (Å²) in [6.07, 6.45) is 2.94. The average molecular weight is 481 g/mol. The third kappa shape index (κ3) is 4.47. The van der Waals surface area contributed by atoms with Gasteiger partial charge in [-0.15, -0.1) is 5.10 Å². The predicted octanol–water partition coefficient (Wildman–Crippen LogP) is 3.99. The smallest absolute Gasteiger partial charge is 0.160 e. The predicted molar refractivity (Wildman–Crippen MR) is 146 cm³/mol. The Balaban J connectivity index is 1.52. The number of hydrogen-bond acceptors (Lipinski definition) is 6. The highest BCUT2D eigenvalue weighted by atomic mass is 15.5. The van der Waals surface area contributed by atoms with Crippen molar-refractivity contribution in [3.05, 3.63) is 82.3 Å². The minimum Gasteiger partial charge on any atom is -0.382 e. The summed E-state index contributed by atoms with van der Waals surface area (Å²) in [6, 6.07) is 16.9. The second kappa shape index (κ2) is 9.91. The van der Waals surface area contributed by atoms with Crippen LogP contribution in [0.2, 0.25) is 0 Å². The maximum Gasteiger partial charge on any atom is 0.160 e. The molecule has 2 aromatic heterocycles. The molecule has 8 nitrogen and oxygen atoms in total. The first kappa shape index (κ1) is 23.7. The summed E-state index contributed by atoms with van der Waals surface area (Å²) >= 11 is 0. The van der Waals surface area contributed by atoms with E-state index in [4.69, 9.17) is 21.5 Å². The Morgan fingerprint density at radius 2 is 1.83 bits per heavy atom. The number of rotatable bonds is 7. The molecule has 5 N–H and O–H groups in total. The molecule has 0 unspecified atom stereocenters. The molecule has 0 atom stereocenters. The maximum absolute atomic E-state index is 6.24. The van der Waals surface area contributed by atoms with Gasteiger partial charge in [-0.05, 0) is 72.7 Å². The van der Waals surface area contributed by atoms with Crippen molar-refractivity contribution in [1.29, 1.82) is 0 Å². The van der Waals surface area contributed by atoms with Crippen molar-refractivity contribution in [3.8, 4) is 11.1 Å². The minimum absolute atomic E-state index is 0.339.